The second kappa shape index (κ2) is 6.83. The molecule has 4 rings (SSSR count). The number of rotatable bonds is 3. The second-order valence-corrected chi connectivity index (χ2v) is 6.64. The average Bonchev–Trinajstić information content (AvgIpc) is 2.67. The molecule has 0 saturated carbocycles. The number of methoxy groups -OCH3 is 1. The molecule has 7 nitrogen and oxygen atoms in total. The van der Waals surface area contributed by atoms with E-state index in [1.165, 1.54) is 0 Å². The lowest BCUT2D eigenvalue weighted by molar-refractivity contribution is -0.117. The van der Waals surface area contributed by atoms with Crippen molar-refractivity contribution in [3.8, 4) is 5.88 Å². The van der Waals surface area contributed by atoms with Crippen LogP contribution >= 0.6 is 0 Å². The fourth-order valence-corrected chi connectivity index (χ4v) is 3.42. The summed E-state index contributed by atoms with van der Waals surface area (Å²) in [7, 11) is 1.56. The number of pyridine rings is 3. The van der Waals surface area contributed by atoms with Gasteiger partial charge < -0.3 is 14.5 Å². The van der Waals surface area contributed by atoms with E-state index in [4.69, 9.17) is 9.72 Å². The van der Waals surface area contributed by atoms with Crippen LogP contribution in [0.5, 0.6) is 5.88 Å². The number of aryl methyl sites for hydroxylation is 2. The number of aromatic nitrogens is 3. The Bertz CT molecular complexity index is 1020. The number of carbonyl (C=O) groups is 1. The topological polar surface area (TPSA) is 71.5 Å². The van der Waals surface area contributed by atoms with Gasteiger partial charge in [0.15, 0.2) is 5.65 Å². The molecule has 1 saturated heterocycles. The monoisotopic (exact) mass is 363 g/mol. The lowest BCUT2D eigenvalue weighted by atomic mass is 10.1. The second-order valence-electron chi connectivity index (χ2n) is 6.64. The highest BCUT2D eigenvalue weighted by Crippen LogP contribution is 2.24. The first-order chi connectivity index (χ1) is 13.0. The zero-order chi connectivity index (χ0) is 19.0. The van der Waals surface area contributed by atoms with Gasteiger partial charge in [0, 0.05) is 36.4 Å². The van der Waals surface area contributed by atoms with Crippen LogP contribution in [0.2, 0.25) is 0 Å². The van der Waals surface area contributed by atoms with Gasteiger partial charge in [-0.3, -0.25) is 4.79 Å². The zero-order valence-corrected chi connectivity index (χ0v) is 15.6. The van der Waals surface area contributed by atoms with Gasteiger partial charge in [0.25, 0.3) is 0 Å². The number of anilines is 2. The van der Waals surface area contributed by atoms with E-state index in [0.29, 0.717) is 19.0 Å². The predicted octanol–water partition coefficient (Wildman–Crippen LogP) is 2.50. The molecule has 0 atom stereocenters. The normalized spacial score (nSPS) is 14.7. The summed E-state index contributed by atoms with van der Waals surface area (Å²) in [5, 5.41) is 1.04. The predicted molar refractivity (Wildman–Crippen MR) is 104 cm³/mol. The van der Waals surface area contributed by atoms with E-state index in [-0.39, 0.29) is 12.5 Å². The molecule has 0 radical (unpaired) electrons. The third kappa shape index (κ3) is 3.28. The van der Waals surface area contributed by atoms with Crippen LogP contribution in [-0.2, 0) is 4.79 Å². The molecule has 138 valence electrons. The molecule has 0 spiro atoms. The molecule has 3 aromatic heterocycles. The maximum atomic E-state index is 12.7. The van der Waals surface area contributed by atoms with E-state index < -0.39 is 0 Å². The van der Waals surface area contributed by atoms with Gasteiger partial charge >= 0.3 is 0 Å². The molecule has 0 unspecified atom stereocenters. The number of carbonyl (C=O) groups excluding carboxylic acids is 1. The van der Waals surface area contributed by atoms with Crippen LogP contribution in [0.15, 0.2) is 36.5 Å². The molecule has 0 N–H and O–H groups in total. The summed E-state index contributed by atoms with van der Waals surface area (Å²) in [6.45, 7) is 5.56. The Kier molecular flexibility index (Phi) is 4.35. The van der Waals surface area contributed by atoms with Gasteiger partial charge in [0.2, 0.25) is 11.8 Å². The summed E-state index contributed by atoms with van der Waals surface area (Å²) in [6, 6.07) is 9.64. The van der Waals surface area contributed by atoms with Gasteiger partial charge in [0.1, 0.15) is 5.82 Å². The highest BCUT2D eigenvalue weighted by molar-refractivity contribution is 5.97. The lowest BCUT2D eigenvalue weighted by Gasteiger charge is -2.35. The van der Waals surface area contributed by atoms with Gasteiger partial charge in [-0.1, -0.05) is 0 Å². The molecule has 0 bridgehead atoms. The number of hydrogen-bond donors (Lipinski definition) is 0. The van der Waals surface area contributed by atoms with Crippen LogP contribution in [0.4, 0.5) is 11.5 Å². The Hall–Kier alpha value is -3.22. The molecule has 1 fully saturated rings. The maximum absolute atomic E-state index is 12.7. The highest BCUT2D eigenvalue weighted by Gasteiger charge is 2.26. The van der Waals surface area contributed by atoms with Crippen LogP contribution in [0.25, 0.3) is 11.0 Å². The van der Waals surface area contributed by atoms with E-state index in [1.807, 2.05) is 30.0 Å². The van der Waals surface area contributed by atoms with E-state index in [1.54, 1.807) is 24.3 Å². The Labute approximate surface area is 157 Å². The Balaban J connectivity index is 1.57. The first-order valence-corrected chi connectivity index (χ1v) is 8.85. The molecule has 0 aromatic carbocycles. The van der Waals surface area contributed by atoms with Crippen molar-refractivity contribution < 1.29 is 9.53 Å². The number of ether oxygens (including phenoxy) is 1. The molecule has 3 aromatic rings. The van der Waals surface area contributed by atoms with Gasteiger partial charge in [0.05, 0.1) is 19.3 Å². The molecule has 7 heteroatoms. The minimum Gasteiger partial charge on any atom is -0.481 e. The first kappa shape index (κ1) is 17.2. The van der Waals surface area contributed by atoms with Crippen molar-refractivity contribution in [2.75, 3.05) is 36.5 Å². The number of hydrogen-bond acceptors (Lipinski definition) is 6. The summed E-state index contributed by atoms with van der Waals surface area (Å²) < 4.78 is 5.16. The highest BCUT2D eigenvalue weighted by atomic mass is 16.5. The van der Waals surface area contributed by atoms with Gasteiger partial charge in [-0.2, -0.15) is 0 Å². The van der Waals surface area contributed by atoms with E-state index in [0.717, 1.165) is 33.8 Å². The summed E-state index contributed by atoms with van der Waals surface area (Å²) in [5.41, 5.74) is 3.62. The summed E-state index contributed by atoms with van der Waals surface area (Å²) in [4.78, 5) is 29.8. The third-order valence-corrected chi connectivity index (χ3v) is 4.78. The van der Waals surface area contributed by atoms with Crippen molar-refractivity contribution in [1.82, 2.24) is 15.0 Å². The molecule has 1 amide bonds. The van der Waals surface area contributed by atoms with E-state index in [9.17, 15) is 4.79 Å². The minimum absolute atomic E-state index is 0.0183. The van der Waals surface area contributed by atoms with Gasteiger partial charge in [-0.05, 0) is 43.7 Å². The fraction of sp³-hybridized carbons (Fsp3) is 0.300. The minimum atomic E-state index is 0.0183. The zero-order valence-electron chi connectivity index (χ0n) is 15.6. The summed E-state index contributed by atoms with van der Waals surface area (Å²) in [5.74, 6) is 1.29. The standard InChI is InChI=1S/C20H21N5O2/c1-13-10-14(2)22-20-16(13)4-5-17(23-20)24-8-9-25(19(26)12-24)15-6-7-21-18(11-15)27-3/h4-7,10-11H,8-9,12H2,1-3H3. The molecule has 1 aliphatic rings. The molecule has 0 aliphatic carbocycles. The molecule has 4 heterocycles. The Morgan fingerprint density at radius 1 is 1.07 bits per heavy atom. The van der Waals surface area contributed by atoms with Crippen LogP contribution < -0.4 is 14.5 Å². The lowest BCUT2D eigenvalue weighted by Crippen LogP contribution is -2.51. The van der Waals surface area contributed by atoms with Gasteiger partial charge in [-0.25, -0.2) is 15.0 Å². The van der Waals surface area contributed by atoms with Crippen LogP contribution in [0, 0.1) is 13.8 Å². The van der Waals surface area contributed by atoms with Crippen LogP contribution in [0.1, 0.15) is 11.3 Å². The average molecular weight is 363 g/mol. The quantitative estimate of drug-likeness (QED) is 0.712. The number of nitrogens with zero attached hydrogens (tertiary/aromatic N) is 5. The molecular formula is C20H21N5O2. The van der Waals surface area contributed by atoms with Crippen molar-refractivity contribution in [3.05, 3.63) is 47.8 Å². The Morgan fingerprint density at radius 3 is 2.70 bits per heavy atom. The molecular weight excluding hydrogens is 342 g/mol. The SMILES string of the molecule is COc1cc(N2CCN(c3ccc4c(C)cc(C)nc4n3)CC2=O)ccn1. The van der Waals surface area contributed by atoms with Crippen molar-refractivity contribution in [3.63, 3.8) is 0 Å². The molecule has 1 aliphatic heterocycles. The largest absolute Gasteiger partial charge is 0.481 e. The van der Waals surface area contributed by atoms with Crippen molar-refractivity contribution in [1.29, 1.82) is 0 Å². The van der Waals surface area contributed by atoms with Crippen molar-refractivity contribution in [2.24, 2.45) is 0 Å². The van der Waals surface area contributed by atoms with Crippen molar-refractivity contribution >= 4 is 28.4 Å². The summed E-state index contributed by atoms with van der Waals surface area (Å²) >= 11 is 0. The van der Waals surface area contributed by atoms with Crippen LogP contribution in [0.3, 0.4) is 0 Å². The van der Waals surface area contributed by atoms with E-state index in [2.05, 4.69) is 23.0 Å². The van der Waals surface area contributed by atoms with Gasteiger partial charge in [-0.15, -0.1) is 0 Å². The first-order valence-electron chi connectivity index (χ1n) is 8.85. The molecule has 27 heavy (non-hydrogen) atoms. The number of fused-ring (bicyclic) bond motifs is 1. The van der Waals surface area contributed by atoms with Crippen molar-refractivity contribution in [2.45, 2.75) is 13.8 Å². The Morgan fingerprint density at radius 2 is 1.93 bits per heavy atom. The maximum Gasteiger partial charge on any atom is 0.246 e. The number of piperazine rings is 1. The smallest absolute Gasteiger partial charge is 0.246 e. The summed E-state index contributed by atoms with van der Waals surface area (Å²) in [6.07, 6.45) is 1.65. The van der Waals surface area contributed by atoms with E-state index >= 15 is 0 Å². The third-order valence-electron chi connectivity index (χ3n) is 4.78. The van der Waals surface area contributed by atoms with Crippen LogP contribution in [-0.4, -0.2) is 47.6 Å². The fourth-order valence-electron chi connectivity index (χ4n) is 3.42. The number of amides is 1.